The second-order valence-electron chi connectivity index (χ2n) is 5.86. The lowest BCUT2D eigenvalue weighted by molar-refractivity contribution is -0.145. The Morgan fingerprint density at radius 2 is 1.85 bits per heavy atom. The van der Waals surface area contributed by atoms with Crippen LogP contribution in [0.25, 0.3) is 0 Å². The largest absolute Gasteiger partial charge is 0.465 e. The SMILES string of the molecule is CCOC(=O)C(NCC1CC1)c1ccc(C(C)C)cc1. The van der Waals surface area contributed by atoms with Gasteiger partial charge in [0.2, 0.25) is 0 Å². The molecule has 0 spiro atoms. The van der Waals surface area contributed by atoms with E-state index in [0.717, 1.165) is 18.0 Å². The van der Waals surface area contributed by atoms with Gasteiger partial charge < -0.3 is 10.1 Å². The molecule has 0 radical (unpaired) electrons. The fraction of sp³-hybridized carbons (Fsp3) is 0.588. The molecule has 1 aliphatic rings. The molecule has 3 nitrogen and oxygen atoms in total. The summed E-state index contributed by atoms with van der Waals surface area (Å²) in [7, 11) is 0. The van der Waals surface area contributed by atoms with Gasteiger partial charge in [0.25, 0.3) is 0 Å². The zero-order chi connectivity index (χ0) is 14.5. The summed E-state index contributed by atoms with van der Waals surface area (Å²) >= 11 is 0. The Morgan fingerprint density at radius 3 is 2.35 bits per heavy atom. The molecule has 1 N–H and O–H groups in total. The van der Waals surface area contributed by atoms with Crippen LogP contribution in [0, 0.1) is 5.92 Å². The molecule has 0 aromatic heterocycles. The van der Waals surface area contributed by atoms with Crippen LogP contribution in [-0.2, 0) is 9.53 Å². The third-order valence-electron chi connectivity index (χ3n) is 3.77. The topological polar surface area (TPSA) is 38.3 Å². The minimum Gasteiger partial charge on any atom is -0.465 e. The summed E-state index contributed by atoms with van der Waals surface area (Å²) in [6.45, 7) is 7.50. The summed E-state index contributed by atoms with van der Waals surface area (Å²) in [5.41, 5.74) is 2.28. The maximum atomic E-state index is 12.1. The van der Waals surface area contributed by atoms with Crippen LogP contribution in [0.3, 0.4) is 0 Å². The maximum Gasteiger partial charge on any atom is 0.327 e. The molecule has 1 saturated carbocycles. The van der Waals surface area contributed by atoms with Crippen molar-refractivity contribution in [3.63, 3.8) is 0 Å². The van der Waals surface area contributed by atoms with E-state index in [1.54, 1.807) is 0 Å². The first-order chi connectivity index (χ1) is 9.61. The Hall–Kier alpha value is -1.35. The van der Waals surface area contributed by atoms with Crippen LogP contribution in [0.2, 0.25) is 0 Å². The van der Waals surface area contributed by atoms with E-state index in [4.69, 9.17) is 4.74 Å². The fourth-order valence-electron chi connectivity index (χ4n) is 2.24. The summed E-state index contributed by atoms with van der Waals surface area (Å²) < 4.78 is 5.19. The van der Waals surface area contributed by atoms with Crippen LogP contribution in [0.5, 0.6) is 0 Å². The minimum atomic E-state index is -0.336. The van der Waals surface area contributed by atoms with Crippen molar-refractivity contribution in [1.82, 2.24) is 5.32 Å². The lowest BCUT2D eigenvalue weighted by Crippen LogP contribution is -2.31. The van der Waals surface area contributed by atoms with E-state index >= 15 is 0 Å². The average Bonchev–Trinajstić information content (AvgIpc) is 3.24. The minimum absolute atomic E-state index is 0.176. The molecule has 0 saturated heterocycles. The first-order valence-electron chi connectivity index (χ1n) is 7.61. The van der Waals surface area contributed by atoms with Gasteiger partial charge in [-0.2, -0.15) is 0 Å². The number of esters is 1. The van der Waals surface area contributed by atoms with E-state index < -0.39 is 0 Å². The van der Waals surface area contributed by atoms with Crippen molar-refractivity contribution < 1.29 is 9.53 Å². The van der Waals surface area contributed by atoms with Crippen molar-refractivity contribution in [2.75, 3.05) is 13.2 Å². The molecule has 1 unspecified atom stereocenters. The van der Waals surface area contributed by atoms with Crippen molar-refractivity contribution in [1.29, 1.82) is 0 Å². The Labute approximate surface area is 121 Å². The number of hydrogen-bond acceptors (Lipinski definition) is 3. The van der Waals surface area contributed by atoms with Crippen molar-refractivity contribution in [3.05, 3.63) is 35.4 Å². The number of carbonyl (C=O) groups excluding carboxylic acids is 1. The Morgan fingerprint density at radius 1 is 1.25 bits per heavy atom. The van der Waals surface area contributed by atoms with E-state index in [-0.39, 0.29) is 12.0 Å². The number of nitrogens with one attached hydrogen (secondary N) is 1. The van der Waals surface area contributed by atoms with Gasteiger partial charge >= 0.3 is 5.97 Å². The molecule has 3 heteroatoms. The van der Waals surface area contributed by atoms with Crippen LogP contribution in [0.15, 0.2) is 24.3 Å². The van der Waals surface area contributed by atoms with Crippen LogP contribution >= 0.6 is 0 Å². The van der Waals surface area contributed by atoms with Crippen LogP contribution in [0.1, 0.15) is 56.7 Å². The molecular formula is C17H25NO2. The molecule has 1 fully saturated rings. The fourth-order valence-corrected chi connectivity index (χ4v) is 2.24. The number of carbonyl (C=O) groups is 1. The molecule has 20 heavy (non-hydrogen) atoms. The molecule has 0 aliphatic heterocycles. The highest BCUT2D eigenvalue weighted by atomic mass is 16.5. The number of hydrogen-bond donors (Lipinski definition) is 1. The first kappa shape index (κ1) is 15.0. The predicted molar refractivity (Wildman–Crippen MR) is 80.6 cm³/mol. The first-order valence-corrected chi connectivity index (χ1v) is 7.61. The van der Waals surface area contributed by atoms with Crippen molar-refractivity contribution in [2.45, 2.75) is 45.6 Å². The monoisotopic (exact) mass is 275 g/mol. The normalized spacial score (nSPS) is 16.2. The number of ether oxygens (including phenoxy) is 1. The Balaban J connectivity index is 2.08. The summed E-state index contributed by atoms with van der Waals surface area (Å²) in [5, 5.41) is 3.36. The van der Waals surface area contributed by atoms with E-state index in [9.17, 15) is 4.79 Å². The smallest absolute Gasteiger partial charge is 0.327 e. The highest BCUT2D eigenvalue weighted by Crippen LogP contribution is 2.29. The predicted octanol–water partition coefficient (Wildman–Crippen LogP) is 3.41. The van der Waals surface area contributed by atoms with Crippen LogP contribution in [0.4, 0.5) is 0 Å². The Kier molecular flexibility index (Phi) is 5.18. The standard InChI is InChI=1S/C17H25NO2/c1-4-20-17(19)16(18-11-13-5-6-13)15-9-7-14(8-10-15)12(2)3/h7-10,12-13,16,18H,4-6,11H2,1-3H3. The summed E-state index contributed by atoms with van der Waals surface area (Å²) in [4.78, 5) is 12.1. The third kappa shape index (κ3) is 4.07. The molecule has 1 atom stereocenters. The molecule has 1 aromatic carbocycles. The molecule has 0 heterocycles. The highest BCUT2D eigenvalue weighted by molar-refractivity contribution is 5.77. The summed E-state index contributed by atoms with van der Waals surface area (Å²) in [5.74, 6) is 1.07. The zero-order valence-corrected chi connectivity index (χ0v) is 12.7. The van der Waals surface area contributed by atoms with E-state index in [1.807, 2.05) is 19.1 Å². The Bertz CT molecular complexity index is 435. The second-order valence-corrected chi connectivity index (χ2v) is 5.86. The van der Waals surface area contributed by atoms with Gasteiger partial charge in [0.15, 0.2) is 0 Å². The van der Waals surface area contributed by atoms with E-state index in [2.05, 4.69) is 31.3 Å². The second kappa shape index (κ2) is 6.89. The molecule has 110 valence electrons. The van der Waals surface area contributed by atoms with Gasteiger partial charge in [-0.15, -0.1) is 0 Å². The average molecular weight is 275 g/mol. The van der Waals surface area contributed by atoms with Crippen molar-refractivity contribution in [2.24, 2.45) is 5.92 Å². The molecule has 2 rings (SSSR count). The van der Waals surface area contributed by atoms with Crippen molar-refractivity contribution in [3.8, 4) is 0 Å². The lowest BCUT2D eigenvalue weighted by atomic mass is 9.99. The number of rotatable bonds is 7. The third-order valence-corrected chi connectivity index (χ3v) is 3.77. The molecule has 1 aliphatic carbocycles. The van der Waals surface area contributed by atoms with Gasteiger partial charge in [-0.25, -0.2) is 4.79 Å². The molecular weight excluding hydrogens is 250 g/mol. The summed E-state index contributed by atoms with van der Waals surface area (Å²) in [6, 6.07) is 7.95. The zero-order valence-electron chi connectivity index (χ0n) is 12.7. The summed E-state index contributed by atoms with van der Waals surface area (Å²) in [6.07, 6.45) is 2.55. The van der Waals surface area contributed by atoms with Gasteiger partial charge in [0.05, 0.1) is 6.61 Å². The molecule has 1 aromatic rings. The van der Waals surface area contributed by atoms with Gasteiger partial charge in [-0.1, -0.05) is 38.1 Å². The van der Waals surface area contributed by atoms with Gasteiger partial charge in [0, 0.05) is 0 Å². The number of benzene rings is 1. The van der Waals surface area contributed by atoms with Gasteiger partial charge in [-0.3, -0.25) is 0 Å². The maximum absolute atomic E-state index is 12.1. The molecule has 0 bridgehead atoms. The van der Waals surface area contributed by atoms with E-state index in [0.29, 0.717) is 12.5 Å². The quantitative estimate of drug-likeness (QED) is 0.775. The van der Waals surface area contributed by atoms with E-state index in [1.165, 1.54) is 18.4 Å². The molecule has 0 amide bonds. The van der Waals surface area contributed by atoms with Gasteiger partial charge in [-0.05, 0) is 49.3 Å². The van der Waals surface area contributed by atoms with Crippen molar-refractivity contribution >= 4 is 5.97 Å². The van der Waals surface area contributed by atoms with Crippen LogP contribution < -0.4 is 5.32 Å². The lowest BCUT2D eigenvalue weighted by Gasteiger charge is -2.18. The highest BCUT2D eigenvalue weighted by Gasteiger charge is 2.26. The van der Waals surface area contributed by atoms with Crippen LogP contribution in [-0.4, -0.2) is 19.1 Å². The van der Waals surface area contributed by atoms with Gasteiger partial charge in [0.1, 0.15) is 6.04 Å².